The fourth-order valence-corrected chi connectivity index (χ4v) is 3.93. The summed E-state index contributed by atoms with van der Waals surface area (Å²) in [5.41, 5.74) is 7.62. The van der Waals surface area contributed by atoms with Crippen molar-refractivity contribution in [3.05, 3.63) is 29.3 Å². The van der Waals surface area contributed by atoms with Crippen LogP contribution in [0.15, 0.2) is 18.2 Å². The highest BCUT2D eigenvalue weighted by molar-refractivity contribution is 5.86. The van der Waals surface area contributed by atoms with Gasteiger partial charge in [-0.1, -0.05) is 17.7 Å². The Labute approximate surface area is 155 Å². The van der Waals surface area contributed by atoms with Gasteiger partial charge in [-0.3, -0.25) is 4.79 Å². The Bertz CT molecular complexity index is 635. The highest BCUT2D eigenvalue weighted by atomic mass is 16.5. The summed E-state index contributed by atoms with van der Waals surface area (Å²) >= 11 is 0. The van der Waals surface area contributed by atoms with Crippen LogP contribution in [-0.4, -0.2) is 51.5 Å². The van der Waals surface area contributed by atoms with Crippen LogP contribution < -0.4 is 15.8 Å². The van der Waals surface area contributed by atoms with Crippen molar-refractivity contribution in [2.45, 2.75) is 43.6 Å². The summed E-state index contributed by atoms with van der Waals surface area (Å²) in [6.45, 7) is 5.03. The maximum Gasteiger partial charge on any atom is 0.240 e. The van der Waals surface area contributed by atoms with E-state index in [9.17, 15) is 4.79 Å². The van der Waals surface area contributed by atoms with E-state index in [1.54, 1.807) is 7.11 Å². The third kappa shape index (κ3) is 3.87. The summed E-state index contributed by atoms with van der Waals surface area (Å²) in [6, 6.07) is 6.22. The van der Waals surface area contributed by atoms with E-state index in [-0.39, 0.29) is 11.3 Å². The minimum absolute atomic E-state index is 0.0849. The van der Waals surface area contributed by atoms with Crippen LogP contribution in [0.3, 0.4) is 0 Å². The molecule has 144 valence electrons. The van der Waals surface area contributed by atoms with Crippen LogP contribution in [0, 0.1) is 6.92 Å². The second-order valence-corrected chi connectivity index (χ2v) is 7.55. The van der Waals surface area contributed by atoms with Crippen molar-refractivity contribution in [3.8, 4) is 5.75 Å². The topological polar surface area (TPSA) is 82.8 Å². The van der Waals surface area contributed by atoms with Gasteiger partial charge in [0.25, 0.3) is 0 Å². The van der Waals surface area contributed by atoms with Gasteiger partial charge in [-0.25, -0.2) is 0 Å². The molecule has 0 bridgehead atoms. The Morgan fingerprint density at radius 3 is 2.38 bits per heavy atom. The SMILES string of the molecule is COc1ccc(C)cc1C1(CNC(=O)C2(N)CCOCC2)CCOCC1. The minimum atomic E-state index is -0.832. The highest BCUT2D eigenvalue weighted by Crippen LogP contribution is 2.40. The van der Waals surface area contributed by atoms with Gasteiger partial charge < -0.3 is 25.3 Å². The maximum absolute atomic E-state index is 12.8. The van der Waals surface area contributed by atoms with Gasteiger partial charge in [0.05, 0.1) is 12.6 Å². The molecule has 26 heavy (non-hydrogen) atoms. The van der Waals surface area contributed by atoms with Crippen molar-refractivity contribution in [2.24, 2.45) is 5.73 Å². The molecule has 2 aliphatic rings. The minimum Gasteiger partial charge on any atom is -0.496 e. The smallest absolute Gasteiger partial charge is 0.240 e. The quantitative estimate of drug-likeness (QED) is 0.833. The monoisotopic (exact) mass is 362 g/mol. The molecule has 0 radical (unpaired) electrons. The van der Waals surface area contributed by atoms with Gasteiger partial charge in [-0.15, -0.1) is 0 Å². The van der Waals surface area contributed by atoms with Crippen LogP contribution in [-0.2, 0) is 19.7 Å². The third-order valence-corrected chi connectivity index (χ3v) is 5.80. The molecule has 2 aliphatic heterocycles. The first-order chi connectivity index (χ1) is 12.5. The molecule has 6 nitrogen and oxygen atoms in total. The van der Waals surface area contributed by atoms with E-state index < -0.39 is 5.54 Å². The number of ether oxygens (including phenoxy) is 3. The first-order valence-electron chi connectivity index (χ1n) is 9.37. The maximum atomic E-state index is 12.8. The van der Waals surface area contributed by atoms with E-state index in [4.69, 9.17) is 19.9 Å². The van der Waals surface area contributed by atoms with Gasteiger partial charge in [-0.05, 0) is 38.7 Å². The van der Waals surface area contributed by atoms with E-state index in [1.165, 1.54) is 5.56 Å². The predicted octanol–water partition coefficient (Wildman–Crippen LogP) is 1.68. The number of carbonyl (C=O) groups excluding carboxylic acids is 1. The first-order valence-corrected chi connectivity index (χ1v) is 9.37. The number of aryl methyl sites for hydroxylation is 1. The molecule has 2 fully saturated rings. The van der Waals surface area contributed by atoms with Crippen LogP contribution in [0.5, 0.6) is 5.75 Å². The molecule has 3 N–H and O–H groups in total. The standard InChI is InChI=1S/C20H30N2O4/c1-15-3-4-17(24-2)16(13-15)19(5-9-25-10-6-19)14-22-18(23)20(21)7-11-26-12-8-20/h3-4,13H,5-12,14,21H2,1-2H3,(H,22,23). The molecule has 0 aromatic heterocycles. The largest absolute Gasteiger partial charge is 0.496 e. The number of benzene rings is 1. The van der Waals surface area contributed by atoms with E-state index in [0.717, 1.165) is 24.2 Å². The lowest BCUT2D eigenvalue weighted by molar-refractivity contribution is -0.130. The van der Waals surface area contributed by atoms with E-state index >= 15 is 0 Å². The Morgan fingerprint density at radius 2 is 1.77 bits per heavy atom. The Balaban J connectivity index is 1.82. The van der Waals surface area contributed by atoms with Gasteiger partial charge in [0.15, 0.2) is 0 Å². The number of nitrogens with one attached hydrogen (secondary N) is 1. The van der Waals surface area contributed by atoms with Gasteiger partial charge in [0.2, 0.25) is 5.91 Å². The Morgan fingerprint density at radius 1 is 1.15 bits per heavy atom. The van der Waals surface area contributed by atoms with Crippen molar-refractivity contribution in [2.75, 3.05) is 40.1 Å². The summed E-state index contributed by atoms with van der Waals surface area (Å²) in [5.74, 6) is 0.776. The van der Waals surface area contributed by atoms with Gasteiger partial charge in [0, 0.05) is 44.0 Å². The zero-order chi connectivity index (χ0) is 18.6. The Hall–Kier alpha value is -1.63. The van der Waals surface area contributed by atoms with Crippen molar-refractivity contribution in [1.82, 2.24) is 5.32 Å². The van der Waals surface area contributed by atoms with Crippen molar-refractivity contribution < 1.29 is 19.0 Å². The lowest BCUT2D eigenvalue weighted by Gasteiger charge is -2.40. The fraction of sp³-hybridized carbons (Fsp3) is 0.650. The van der Waals surface area contributed by atoms with Crippen molar-refractivity contribution >= 4 is 5.91 Å². The van der Waals surface area contributed by atoms with Crippen LogP contribution in [0.4, 0.5) is 0 Å². The number of hydrogen-bond donors (Lipinski definition) is 2. The molecular formula is C20H30N2O4. The zero-order valence-electron chi connectivity index (χ0n) is 15.8. The van der Waals surface area contributed by atoms with E-state index in [0.29, 0.717) is 45.8 Å². The lowest BCUT2D eigenvalue weighted by atomic mass is 9.73. The molecule has 0 unspecified atom stereocenters. The molecular weight excluding hydrogens is 332 g/mol. The number of hydrogen-bond acceptors (Lipinski definition) is 5. The molecule has 0 aliphatic carbocycles. The molecule has 0 spiro atoms. The number of methoxy groups -OCH3 is 1. The van der Waals surface area contributed by atoms with Crippen molar-refractivity contribution in [3.63, 3.8) is 0 Å². The number of amides is 1. The van der Waals surface area contributed by atoms with Crippen LogP contribution in [0.2, 0.25) is 0 Å². The Kier molecular flexibility index (Phi) is 5.85. The molecule has 1 amide bonds. The summed E-state index contributed by atoms with van der Waals surface area (Å²) < 4.78 is 16.6. The molecule has 6 heteroatoms. The number of carbonyl (C=O) groups is 1. The van der Waals surface area contributed by atoms with Crippen LogP contribution >= 0.6 is 0 Å². The number of rotatable bonds is 5. The summed E-state index contributed by atoms with van der Waals surface area (Å²) in [5, 5.41) is 3.14. The molecule has 3 rings (SSSR count). The molecule has 0 saturated carbocycles. The highest BCUT2D eigenvalue weighted by Gasteiger charge is 2.40. The molecule has 0 atom stereocenters. The molecule has 1 aromatic carbocycles. The predicted molar refractivity (Wildman–Crippen MR) is 99.4 cm³/mol. The third-order valence-electron chi connectivity index (χ3n) is 5.80. The molecule has 1 aromatic rings. The second kappa shape index (κ2) is 7.94. The van der Waals surface area contributed by atoms with E-state index in [2.05, 4.69) is 18.3 Å². The summed E-state index contributed by atoms with van der Waals surface area (Å²) in [6.07, 6.45) is 2.80. The van der Waals surface area contributed by atoms with Crippen LogP contribution in [0.1, 0.15) is 36.8 Å². The number of nitrogens with two attached hydrogens (primary N) is 1. The molecule has 2 saturated heterocycles. The average Bonchev–Trinajstić information content (AvgIpc) is 2.67. The fourth-order valence-electron chi connectivity index (χ4n) is 3.93. The average molecular weight is 362 g/mol. The summed E-state index contributed by atoms with van der Waals surface area (Å²) in [4.78, 5) is 12.8. The van der Waals surface area contributed by atoms with Gasteiger partial charge in [0.1, 0.15) is 5.75 Å². The first kappa shape index (κ1) is 19.1. The van der Waals surface area contributed by atoms with Crippen molar-refractivity contribution in [1.29, 1.82) is 0 Å². The summed E-state index contributed by atoms with van der Waals surface area (Å²) in [7, 11) is 1.69. The molecule has 2 heterocycles. The van der Waals surface area contributed by atoms with Gasteiger partial charge >= 0.3 is 0 Å². The second-order valence-electron chi connectivity index (χ2n) is 7.55. The van der Waals surface area contributed by atoms with Gasteiger partial charge in [-0.2, -0.15) is 0 Å². The van der Waals surface area contributed by atoms with Crippen LogP contribution in [0.25, 0.3) is 0 Å². The lowest BCUT2D eigenvalue weighted by Crippen LogP contribution is -2.59. The normalized spacial score (nSPS) is 21.8. The zero-order valence-corrected chi connectivity index (χ0v) is 15.8. The van der Waals surface area contributed by atoms with E-state index in [1.807, 2.05) is 12.1 Å².